The Morgan fingerprint density at radius 3 is 2.69 bits per heavy atom. The van der Waals surface area contributed by atoms with E-state index in [1.165, 1.54) is 44.6 Å². The number of hydrogen-bond acceptors (Lipinski definition) is 4. The lowest BCUT2D eigenvalue weighted by Gasteiger charge is -2.44. The zero-order valence-corrected chi connectivity index (χ0v) is 14.7. The fourth-order valence-electron chi connectivity index (χ4n) is 4.65. The van der Waals surface area contributed by atoms with Crippen LogP contribution in [0, 0.1) is 11.7 Å². The summed E-state index contributed by atoms with van der Waals surface area (Å²) in [4.78, 5) is 2.46. The van der Waals surface area contributed by atoms with E-state index in [1.807, 2.05) is 12.1 Å². The van der Waals surface area contributed by atoms with Crippen molar-refractivity contribution in [1.82, 2.24) is 19.8 Å². The number of aromatic nitrogens is 4. The van der Waals surface area contributed by atoms with Gasteiger partial charge in [-0.2, -0.15) is 4.52 Å². The van der Waals surface area contributed by atoms with E-state index in [1.54, 1.807) is 22.7 Å². The number of anilines is 1. The van der Waals surface area contributed by atoms with Crippen molar-refractivity contribution in [3.05, 3.63) is 42.2 Å². The van der Waals surface area contributed by atoms with Crippen molar-refractivity contribution < 1.29 is 4.39 Å². The SMILES string of the molecule is Fc1ccccc1-c1nnc2ccc(N3CCCC4CCCCC43)nn12. The number of nitrogens with zero attached hydrogens (tertiary/aromatic N) is 5. The van der Waals surface area contributed by atoms with E-state index < -0.39 is 0 Å². The van der Waals surface area contributed by atoms with Crippen LogP contribution in [0.2, 0.25) is 0 Å². The summed E-state index contributed by atoms with van der Waals surface area (Å²) < 4.78 is 15.9. The molecule has 5 rings (SSSR count). The highest BCUT2D eigenvalue weighted by Crippen LogP contribution is 2.37. The van der Waals surface area contributed by atoms with Gasteiger partial charge in [-0.1, -0.05) is 25.0 Å². The quantitative estimate of drug-likeness (QED) is 0.698. The van der Waals surface area contributed by atoms with Crippen LogP contribution in [-0.2, 0) is 0 Å². The molecule has 1 aromatic carbocycles. The average Bonchev–Trinajstić information content (AvgIpc) is 3.11. The van der Waals surface area contributed by atoms with Gasteiger partial charge in [0.15, 0.2) is 11.5 Å². The van der Waals surface area contributed by atoms with Crippen LogP contribution < -0.4 is 4.90 Å². The summed E-state index contributed by atoms with van der Waals surface area (Å²) in [6, 6.07) is 11.2. The van der Waals surface area contributed by atoms with Crippen molar-refractivity contribution in [2.75, 3.05) is 11.4 Å². The van der Waals surface area contributed by atoms with Crippen LogP contribution >= 0.6 is 0 Å². The molecule has 3 heterocycles. The van der Waals surface area contributed by atoms with Crippen LogP contribution in [0.5, 0.6) is 0 Å². The highest BCUT2D eigenvalue weighted by atomic mass is 19.1. The third-order valence-corrected chi connectivity index (χ3v) is 5.90. The predicted molar refractivity (Wildman–Crippen MR) is 98.5 cm³/mol. The van der Waals surface area contributed by atoms with Gasteiger partial charge in [-0.25, -0.2) is 4.39 Å². The second kappa shape index (κ2) is 6.34. The van der Waals surface area contributed by atoms with E-state index in [9.17, 15) is 4.39 Å². The molecule has 2 aromatic heterocycles. The van der Waals surface area contributed by atoms with Crippen LogP contribution in [0.15, 0.2) is 36.4 Å². The van der Waals surface area contributed by atoms with Gasteiger partial charge in [0.2, 0.25) is 0 Å². The number of hydrogen-bond donors (Lipinski definition) is 0. The molecule has 3 aromatic rings. The van der Waals surface area contributed by atoms with Gasteiger partial charge < -0.3 is 4.90 Å². The molecule has 1 saturated heterocycles. The number of halogens is 1. The van der Waals surface area contributed by atoms with E-state index in [0.29, 0.717) is 23.1 Å². The van der Waals surface area contributed by atoms with Gasteiger partial charge in [-0.3, -0.25) is 0 Å². The van der Waals surface area contributed by atoms with E-state index in [2.05, 4.69) is 15.1 Å². The third-order valence-electron chi connectivity index (χ3n) is 5.90. The molecule has 134 valence electrons. The largest absolute Gasteiger partial charge is 0.352 e. The fourth-order valence-corrected chi connectivity index (χ4v) is 4.65. The van der Waals surface area contributed by atoms with E-state index >= 15 is 0 Å². The first-order chi connectivity index (χ1) is 12.8. The summed E-state index contributed by atoms with van der Waals surface area (Å²) in [6.07, 6.45) is 7.76. The average molecular weight is 351 g/mol. The lowest BCUT2D eigenvalue weighted by molar-refractivity contribution is 0.242. The maximum absolute atomic E-state index is 14.2. The molecule has 2 atom stereocenters. The highest BCUT2D eigenvalue weighted by molar-refractivity contribution is 5.60. The molecule has 0 radical (unpaired) electrons. The maximum Gasteiger partial charge on any atom is 0.188 e. The van der Waals surface area contributed by atoms with Gasteiger partial charge in [0.25, 0.3) is 0 Å². The third kappa shape index (κ3) is 2.55. The molecule has 2 unspecified atom stereocenters. The fraction of sp³-hybridized carbons (Fsp3) is 0.450. The van der Waals surface area contributed by atoms with E-state index in [4.69, 9.17) is 5.10 Å². The molecule has 0 spiro atoms. The van der Waals surface area contributed by atoms with Crippen molar-refractivity contribution in [3.8, 4) is 11.4 Å². The lowest BCUT2D eigenvalue weighted by Crippen LogP contribution is -2.47. The minimum atomic E-state index is -0.306. The summed E-state index contributed by atoms with van der Waals surface area (Å²) in [5.74, 6) is 1.88. The van der Waals surface area contributed by atoms with Gasteiger partial charge in [0.05, 0.1) is 5.56 Å². The zero-order valence-electron chi connectivity index (χ0n) is 14.7. The summed E-state index contributed by atoms with van der Waals surface area (Å²) >= 11 is 0. The Balaban J connectivity index is 1.57. The molecule has 1 aliphatic carbocycles. The number of piperidine rings is 1. The molecule has 0 amide bonds. The van der Waals surface area contributed by atoms with Crippen LogP contribution in [0.4, 0.5) is 10.2 Å². The first-order valence-corrected chi connectivity index (χ1v) is 9.55. The van der Waals surface area contributed by atoms with Gasteiger partial charge >= 0.3 is 0 Å². The molecule has 0 N–H and O–H groups in total. The van der Waals surface area contributed by atoms with Gasteiger partial charge in [-0.15, -0.1) is 15.3 Å². The van der Waals surface area contributed by atoms with Gasteiger partial charge in [-0.05, 0) is 55.9 Å². The minimum absolute atomic E-state index is 0.306. The summed E-state index contributed by atoms with van der Waals surface area (Å²) in [7, 11) is 0. The van der Waals surface area contributed by atoms with Crippen LogP contribution in [0.1, 0.15) is 38.5 Å². The molecule has 0 bridgehead atoms. The van der Waals surface area contributed by atoms with Gasteiger partial charge in [0, 0.05) is 12.6 Å². The smallest absolute Gasteiger partial charge is 0.188 e. The molecule has 5 nitrogen and oxygen atoms in total. The second-order valence-electron chi connectivity index (χ2n) is 7.41. The van der Waals surface area contributed by atoms with E-state index in [-0.39, 0.29) is 5.82 Å². The number of rotatable bonds is 2. The van der Waals surface area contributed by atoms with E-state index in [0.717, 1.165) is 18.3 Å². The molecular formula is C20H22FN5. The topological polar surface area (TPSA) is 46.3 Å². The Morgan fingerprint density at radius 2 is 1.77 bits per heavy atom. The van der Waals surface area contributed by atoms with Crippen molar-refractivity contribution in [1.29, 1.82) is 0 Å². The van der Waals surface area contributed by atoms with Crippen molar-refractivity contribution >= 4 is 11.5 Å². The Morgan fingerprint density at radius 1 is 0.923 bits per heavy atom. The molecule has 2 fully saturated rings. The summed E-state index contributed by atoms with van der Waals surface area (Å²) in [6.45, 7) is 1.04. The number of benzene rings is 1. The second-order valence-corrected chi connectivity index (χ2v) is 7.41. The maximum atomic E-state index is 14.2. The Bertz CT molecular complexity index is 935. The number of fused-ring (bicyclic) bond motifs is 2. The Hall–Kier alpha value is -2.50. The molecule has 1 aliphatic heterocycles. The highest BCUT2D eigenvalue weighted by Gasteiger charge is 2.34. The first-order valence-electron chi connectivity index (χ1n) is 9.55. The van der Waals surface area contributed by atoms with Crippen LogP contribution in [0.25, 0.3) is 17.0 Å². The molecule has 26 heavy (non-hydrogen) atoms. The summed E-state index contributed by atoms with van der Waals surface area (Å²) in [5, 5.41) is 13.2. The lowest BCUT2D eigenvalue weighted by atomic mass is 9.78. The first kappa shape index (κ1) is 15.7. The minimum Gasteiger partial charge on any atom is -0.352 e. The molecular weight excluding hydrogens is 329 g/mol. The van der Waals surface area contributed by atoms with Gasteiger partial charge in [0.1, 0.15) is 11.6 Å². The predicted octanol–water partition coefficient (Wildman–Crippen LogP) is 4.09. The Labute approximate surface area is 151 Å². The monoisotopic (exact) mass is 351 g/mol. The van der Waals surface area contributed by atoms with Crippen molar-refractivity contribution in [3.63, 3.8) is 0 Å². The standard InChI is InChI=1S/C20H22FN5/c21-16-9-3-2-8-15(16)20-23-22-18-11-12-19(24-26(18)20)25-13-5-7-14-6-1-4-10-17(14)25/h2-3,8-9,11-12,14,17H,1,4-7,10,13H2. The van der Waals surface area contributed by atoms with Crippen LogP contribution in [0.3, 0.4) is 0 Å². The Kier molecular flexibility index (Phi) is 3.84. The van der Waals surface area contributed by atoms with Crippen LogP contribution in [-0.4, -0.2) is 32.4 Å². The van der Waals surface area contributed by atoms with Crippen molar-refractivity contribution in [2.24, 2.45) is 5.92 Å². The summed E-state index contributed by atoms with van der Waals surface area (Å²) in [5.41, 5.74) is 1.07. The molecule has 6 heteroatoms. The zero-order chi connectivity index (χ0) is 17.5. The van der Waals surface area contributed by atoms with Crippen molar-refractivity contribution in [2.45, 2.75) is 44.6 Å². The molecule has 1 saturated carbocycles. The molecule has 2 aliphatic rings. The normalized spacial score (nSPS) is 23.2.